The van der Waals surface area contributed by atoms with Gasteiger partial charge in [0.25, 0.3) is 0 Å². The van der Waals surface area contributed by atoms with E-state index in [1.807, 2.05) is 58.4 Å². The Bertz CT molecular complexity index is 1490. The molecule has 3 N–H and O–H groups in total. The number of piperidine rings is 1. The molecule has 4 aromatic heterocycles. The molecular formula is C26H25N7O2. The Kier molecular flexibility index (Phi) is 5.09. The van der Waals surface area contributed by atoms with Crippen molar-refractivity contribution in [1.82, 2.24) is 29.9 Å². The Morgan fingerprint density at radius 3 is 2.57 bits per heavy atom. The molecule has 1 aliphatic rings. The van der Waals surface area contributed by atoms with Crippen LogP contribution >= 0.6 is 0 Å². The number of amides is 1. The average Bonchev–Trinajstić information content (AvgIpc) is 3.66. The molecule has 1 amide bonds. The fraction of sp³-hybridized carbons (Fsp3) is 0.231. The van der Waals surface area contributed by atoms with Crippen LogP contribution in [-0.4, -0.2) is 48.9 Å². The van der Waals surface area contributed by atoms with Gasteiger partial charge in [-0.15, -0.1) is 0 Å². The van der Waals surface area contributed by atoms with Crippen molar-refractivity contribution < 1.29 is 9.21 Å². The number of rotatable bonds is 4. The number of furan rings is 1. The highest BCUT2D eigenvalue weighted by molar-refractivity contribution is 6.00. The number of H-pyrrole nitrogens is 1. The number of fused-ring (bicyclic) bond motifs is 1. The molecule has 0 spiro atoms. The highest BCUT2D eigenvalue weighted by atomic mass is 16.3. The first-order chi connectivity index (χ1) is 17.1. The molecule has 1 fully saturated rings. The van der Waals surface area contributed by atoms with Gasteiger partial charge in [-0.05, 0) is 30.5 Å². The number of aromatic nitrogens is 5. The van der Waals surface area contributed by atoms with Crippen LogP contribution < -0.4 is 5.73 Å². The van der Waals surface area contributed by atoms with E-state index in [4.69, 9.17) is 10.2 Å². The van der Waals surface area contributed by atoms with Gasteiger partial charge in [-0.1, -0.05) is 24.3 Å². The molecule has 5 heterocycles. The van der Waals surface area contributed by atoms with Gasteiger partial charge in [0.15, 0.2) is 11.4 Å². The average molecular weight is 468 g/mol. The van der Waals surface area contributed by atoms with Crippen molar-refractivity contribution >= 4 is 22.7 Å². The van der Waals surface area contributed by atoms with Gasteiger partial charge in [0, 0.05) is 60.7 Å². The highest BCUT2D eigenvalue weighted by Gasteiger charge is 2.23. The van der Waals surface area contributed by atoms with E-state index in [-0.39, 0.29) is 11.9 Å². The van der Waals surface area contributed by atoms with Crippen LogP contribution in [0.2, 0.25) is 0 Å². The summed E-state index contributed by atoms with van der Waals surface area (Å²) in [6, 6.07) is 12.3. The Morgan fingerprint density at radius 1 is 1.09 bits per heavy atom. The van der Waals surface area contributed by atoms with Crippen molar-refractivity contribution in [3.05, 3.63) is 61.2 Å². The summed E-state index contributed by atoms with van der Waals surface area (Å²) in [6.45, 7) is 3.14. The molecule has 176 valence electrons. The first-order valence-corrected chi connectivity index (χ1v) is 11.6. The van der Waals surface area contributed by atoms with Crippen molar-refractivity contribution in [2.24, 2.45) is 0 Å². The Balaban J connectivity index is 1.30. The third kappa shape index (κ3) is 3.84. The number of likely N-dealkylation sites (tertiary alicyclic amines) is 1. The number of carbonyl (C=O) groups excluding carboxylic acids is 1. The van der Waals surface area contributed by atoms with Crippen molar-refractivity contribution in [2.75, 3.05) is 18.8 Å². The number of aromatic amines is 1. The third-order valence-electron chi connectivity index (χ3n) is 6.77. The topological polar surface area (TPSA) is 119 Å². The SMILES string of the molecule is CC(=O)N1CCC(n2cc(-c3cnc(N)c4oc(-c5ccc(-c6ccn[nH]6)cc5)cc34)cn2)CC1. The van der Waals surface area contributed by atoms with Crippen LogP contribution in [0.3, 0.4) is 0 Å². The molecule has 5 aromatic rings. The normalized spacial score (nSPS) is 14.6. The molecule has 1 aromatic carbocycles. The van der Waals surface area contributed by atoms with Crippen LogP contribution in [0.5, 0.6) is 0 Å². The van der Waals surface area contributed by atoms with Gasteiger partial charge in [-0.3, -0.25) is 14.6 Å². The fourth-order valence-electron chi connectivity index (χ4n) is 4.77. The number of nitrogens with one attached hydrogen (secondary N) is 1. The van der Waals surface area contributed by atoms with E-state index < -0.39 is 0 Å². The van der Waals surface area contributed by atoms with E-state index >= 15 is 0 Å². The zero-order chi connectivity index (χ0) is 23.9. The first-order valence-electron chi connectivity index (χ1n) is 11.6. The molecule has 0 saturated carbocycles. The predicted octanol–water partition coefficient (Wildman–Crippen LogP) is 4.51. The monoisotopic (exact) mass is 467 g/mol. The first kappa shape index (κ1) is 21.2. The van der Waals surface area contributed by atoms with Gasteiger partial charge in [0.2, 0.25) is 5.91 Å². The van der Waals surface area contributed by atoms with Gasteiger partial charge < -0.3 is 15.1 Å². The minimum absolute atomic E-state index is 0.131. The standard InChI is InChI=1S/C26H25N7O2/c1-16(34)32-10-7-20(8-11-32)33-15-19(13-30-33)22-14-28-26(27)25-21(22)12-24(35-25)18-4-2-17(3-5-18)23-6-9-29-31-23/h2-6,9,12-15,20H,7-8,10-11H2,1H3,(H2,27,28)(H,29,31). The van der Waals surface area contributed by atoms with E-state index in [2.05, 4.69) is 20.3 Å². The molecule has 1 aliphatic heterocycles. The molecule has 0 radical (unpaired) electrons. The molecule has 9 heteroatoms. The summed E-state index contributed by atoms with van der Waals surface area (Å²) in [5.74, 6) is 1.21. The van der Waals surface area contributed by atoms with Gasteiger partial charge in [-0.25, -0.2) is 4.98 Å². The predicted molar refractivity (Wildman–Crippen MR) is 133 cm³/mol. The lowest BCUT2D eigenvalue weighted by Crippen LogP contribution is -2.37. The lowest BCUT2D eigenvalue weighted by Gasteiger charge is -2.31. The molecule has 0 bridgehead atoms. The highest BCUT2D eigenvalue weighted by Crippen LogP contribution is 2.37. The molecule has 0 aliphatic carbocycles. The smallest absolute Gasteiger partial charge is 0.219 e. The number of carbonyl (C=O) groups is 1. The molecule has 35 heavy (non-hydrogen) atoms. The molecule has 9 nitrogen and oxygen atoms in total. The number of hydrogen-bond donors (Lipinski definition) is 2. The molecule has 0 unspecified atom stereocenters. The van der Waals surface area contributed by atoms with Gasteiger partial charge in [0.1, 0.15) is 5.76 Å². The second kappa shape index (κ2) is 8.43. The number of nitrogens with two attached hydrogens (primary N) is 1. The van der Waals surface area contributed by atoms with Crippen LogP contribution in [0.1, 0.15) is 25.8 Å². The van der Waals surface area contributed by atoms with Crippen molar-refractivity contribution in [3.8, 4) is 33.7 Å². The molecule has 1 saturated heterocycles. The summed E-state index contributed by atoms with van der Waals surface area (Å²) < 4.78 is 8.17. The largest absolute Gasteiger partial charge is 0.452 e. The lowest BCUT2D eigenvalue weighted by molar-refractivity contribution is -0.130. The maximum Gasteiger partial charge on any atom is 0.219 e. The quantitative estimate of drug-likeness (QED) is 0.401. The van der Waals surface area contributed by atoms with Crippen LogP contribution in [0.4, 0.5) is 5.82 Å². The van der Waals surface area contributed by atoms with E-state index in [9.17, 15) is 4.79 Å². The summed E-state index contributed by atoms with van der Waals surface area (Å²) in [6.07, 6.45) is 9.19. The second-order valence-corrected chi connectivity index (χ2v) is 8.90. The Hall–Kier alpha value is -4.40. The number of nitrogen functional groups attached to an aromatic ring is 1. The van der Waals surface area contributed by atoms with E-state index in [1.165, 1.54) is 0 Å². The van der Waals surface area contributed by atoms with E-state index in [0.717, 1.165) is 65.0 Å². The zero-order valence-corrected chi connectivity index (χ0v) is 19.3. The summed E-state index contributed by atoms with van der Waals surface area (Å²) in [4.78, 5) is 17.9. The summed E-state index contributed by atoms with van der Waals surface area (Å²) in [5, 5.41) is 12.5. The Morgan fingerprint density at radius 2 is 1.86 bits per heavy atom. The summed E-state index contributed by atoms with van der Waals surface area (Å²) in [5.41, 5.74) is 11.6. The van der Waals surface area contributed by atoms with Crippen LogP contribution in [0.25, 0.3) is 44.7 Å². The third-order valence-corrected chi connectivity index (χ3v) is 6.77. The van der Waals surface area contributed by atoms with Crippen molar-refractivity contribution in [3.63, 3.8) is 0 Å². The second-order valence-electron chi connectivity index (χ2n) is 8.90. The number of benzene rings is 1. The molecule has 6 rings (SSSR count). The Labute approximate surface area is 201 Å². The van der Waals surface area contributed by atoms with E-state index in [0.29, 0.717) is 11.4 Å². The van der Waals surface area contributed by atoms with Gasteiger partial charge in [-0.2, -0.15) is 10.2 Å². The zero-order valence-electron chi connectivity index (χ0n) is 19.3. The molecule has 0 atom stereocenters. The van der Waals surface area contributed by atoms with Crippen LogP contribution in [-0.2, 0) is 4.79 Å². The number of anilines is 1. The number of nitrogens with zero attached hydrogens (tertiary/aromatic N) is 5. The summed E-state index contributed by atoms with van der Waals surface area (Å²) >= 11 is 0. The van der Waals surface area contributed by atoms with Gasteiger partial charge in [0.05, 0.1) is 17.9 Å². The van der Waals surface area contributed by atoms with Crippen molar-refractivity contribution in [1.29, 1.82) is 0 Å². The minimum atomic E-state index is 0.131. The van der Waals surface area contributed by atoms with Crippen LogP contribution in [0.15, 0.2) is 65.6 Å². The number of hydrogen-bond acceptors (Lipinski definition) is 6. The van der Waals surface area contributed by atoms with E-state index in [1.54, 1.807) is 19.3 Å². The van der Waals surface area contributed by atoms with Gasteiger partial charge >= 0.3 is 0 Å². The van der Waals surface area contributed by atoms with Crippen LogP contribution in [0, 0.1) is 0 Å². The number of pyridine rings is 1. The summed E-state index contributed by atoms with van der Waals surface area (Å²) in [7, 11) is 0. The molecular weight excluding hydrogens is 442 g/mol. The van der Waals surface area contributed by atoms with Crippen molar-refractivity contribution in [2.45, 2.75) is 25.8 Å². The fourth-order valence-corrected chi connectivity index (χ4v) is 4.77. The lowest BCUT2D eigenvalue weighted by atomic mass is 10.0. The maximum absolute atomic E-state index is 11.6. The maximum atomic E-state index is 11.6. The minimum Gasteiger partial charge on any atom is -0.452 e.